The molecule has 10 heteroatoms. The van der Waals surface area contributed by atoms with Crippen molar-refractivity contribution in [3.05, 3.63) is 66.0 Å². The molecule has 1 aliphatic rings. The molecule has 200 valence electrons. The molecule has 4 rings (SSSR count). The lowest BCUT2D eigenvalue weighted by molar-refractivity contribution is 0.0634. The number of hydrogen-bond acceptors (Lipinski definition) is 7. The molecular formula is C28H30FN3O6. The van der Waals surface area contributed by atoms with Crippen molar-refractivity contribution in [2.75, 3.05) is 23.3 Å². The second-order valence-electron chi connectivity index (χ2n) is 9.82. The summed E-state index contributed by atoms with van der Waals surface area (Å²) in [5.41, 5.74) is -0.398. The van der Waals surface area contributed by atoms with Crippen molar-refractivity contribution in [3.8, 4) is 23.1 Å². The van der Waals surface area contributed by atoms with Crippen molar-refractivity contribution in [2.45, 2.75) is 45.6 Å². The second-order valence-corrected chi connectivity index (χ2v) is 9.82. The summed E-state index contributed by atoms with van der Waals surface area (Å²) < 4.78 is 30.3. The highest BCUT2D eigenvalue weighted by Gasteiger charge is 2.25. The number of pyridine rings is 1. The Labute approximate surface area is 220 Å². The first-order valence-electron chi connectivity index (χ1n) is 12.3. The summed E-state index contributed by atoms with van der Waals surface area (Å²) in [7, 11) is 0. The third-order valence-corrected chi connectivity index (χ3v) is 5.58. The third-order valence-electron chi connectivity index (χ3n) is 5.58. The van der Waals surface area contributed by atoms with E-state index in [9.17, 15) is 19.1 Å². The maximum atomic E-state index is 13.4. The van der Waals surface area contributed by atoms with Gasteiger partial charge in [0.2, 0.25) is 5.88 Å². The molecule has 0 bridgehead atoms. The number of carbonyl (C=O) groups excluding carboxylic acids is 1. The van der Waals surface area contributed by atoms with E-state index in [1.54, 1.807) is 51.1 Å². The van der Waals surface area contributed by atoms with Crippen LogP contribution in [-0.4, -0.2) is 40.8 Å². The van der Waals surface area contributed by atoms with Gasteiger partial charge in [-0.1, -0.05) is 6.07 Å². The van der Waals surface area contributed by atoms with Crippen molar-refractivity contribution in [3.63, 3.8) is 0 Å². The van der Waals surface area contributed by atoms with Crippen molar-refractivity contribution in [2.24, 2.45) is 0 Å². The minimum absolute atomic E-state index is 0.146. The maximum absolute atomic E-state index is 13.4. The molecule has 2 N–H and O–H groups in total. The molecule has 0 saturated carbocycles. The van der Waals surface area contributed by atoms with E-state index in [0.29, 0.717) is 36.0 Å². The van der Waals surface area contributed by atoms with Crippen LogP contribution in [0.4, 0.5) is 20.7 Å². The number of piperidine rings is 1. The van der Waals surface area contributed by atoms with Crippen LogP contribution in [0.15, 0.2) is 54.6 Å². The van der Waals surface area contributed by atoms with Gasteiger partial charge in [-0.2, -0.15) is 4.98 Å². The summed E-state index contributed by atoms with van der Waals surface area (Å²) in [6.07, 6.45) is 2.24. The normalized spacial score (nSPS) is 13.5. The summed E-state index contributed by atoms with van der Waals surface area (Å²) in [6.45, 7) is 6.65. The minimum Gasteiger partial charge on any atom is -0.477 e. The van der Waals surface area contributed by atoms with Gasteiger partial charge < -0.3 is 24.2 Å². The standard InChI is InChI=1S/C28H30FN3O6/c1-28(2,3)38-27(35)31-24-23(32-14-5-4-6-15-32)17-22(26(33)34)25(30-24)37-20-12-10-19(11-13-20)36-21-9-7-8-18(29)16-21/h7-13,16-17H,4-6,14-15H2,1-3H3,(H,33,34)(H,30,31,35). The van der Waals surface area contributed by atoms with Crippen LogP contribution in [-0.2, 0) is 4.74 Å². The molecule has 1 saturated heterocycles. The predicted molar refractivity (Wildman–Crippen MR) is 140 cm³/mol. The molecule has 2 heterocycles. The molecule has 1 fully saturated rings. The first-order valence-corrected chi connectivity index (χ1v) is 12.3. The summed E-state index contributed by atoms with van der Waals surface area (Å²) in [5.74, 6) is -0.628. The number of amides is 1. The molecule has 0 atom stereocenters. The van der Waals surface area contributed by atoms with E-state index in [2.05, 4.69) is 10.3 Å². The third kappa shape index (κ3) is 7.12. The Kier molecular flexibility index (Phi) is 7.99. The van der Waals surface area contributed by atoms with Crippen LogP contribution in [0.1, 0.15) is 50.4 Å². The largest absolute Gasteiger partial charge is 0.477 e. The van der Waals surface area contributed by atoms with Crippen LogP contribution in [0, 0.1) is 5.82 Å². The van der Waals surface area contributed by atoms with E-state index < -0.39 is 23.5 Å². The number of halogens is 1. The van der Waals surface area contributed by atoms with E-state index in [4.69, 9.17) is 14.2 Å². The van der Waals surface area contributed by atoms with Crippen LogP contribution in [0.2, 0.25) is 0 Å². The first kappa shape index (κ1) is 26.7. The highest BCUT2D eigenvalue weighted by molar-refractivity contribution is 5.95. The minimum atomic E-state index is -1.22. The summed E-state index contributed by atoms with van der Waals surface area (Å²) in [4.78, 5) is 31.1. The molecule has 1 aliphatic heterocycles. The topological polar surface area (TPSA) is 110 Å². The maximum Gasteiger partial charge on any atom is 0.413 e. The van der Waals surface area contributed by atoms with Crippen molar-refractivity contribution in [1.29, 1.82) is 0 Å². The van der Waals surface area contributed by atoms with Crippen molar-refractivity contribution < 1.29 is 33.3 Å². The van der Waals surface area contributed by atoms with Crippen LogP contribution >= 0.6 is 0 Å². The Balaban J connectivity index is 1.62. The molecule has 0 aliphatic carbocycles. The zero-order valence-electron chi connectivity index (χ0n) is 21.5. The number of carboxylic acid groups (broad SMARTS) is 1. The first-order chi connectivity index (χ1) is 18.1. The lowest BCUT2D eigenvalue weighted by atomic mass is 10.1. The summed E-state index contributed by atoms with van der Waals surface area (Å²) >= 11 is 0. The van der Waals surface area contributed by atoms with Gasteiger partial charge in [0.05, 0.1) is 5.69 Å². The molecular weight excluding hydrogens is 493 g/mol. The molecule has 2 aromatic carbocycles. The Morgan fingerprint density at radius 1 is 0.947 bits per heavy atom. The molecule has 3 aromatic rings. The van der Waals surface area contributed by atoms with E-state index >= 15 is 0 Å². The van der Waals surface area contributed by atoms with Gasteiger partial charge in [0, 0.05) is 19.2 Å². The smallest absolute Gasteiger partial charge is 0.413 e. The van der Waals surface area contributed by atoms with Gasteiger partial charge in [0.25, 0.3) is 0 Å². The molecule has 1 amide bonds. The van der Waals surface area contributed by atoms with Crippen LogP contribution in [0.5, 0.6) is 23.1 Å². The second kappa shape index (κ2) is 11.4. The Bertz CT molecular complexity index is 1300. The number of aromatic carboxylic acids is 1. The molecule has 0 radical (unpaired) electrons. The zero-order valence-corrected chi connectivity index (χ0v) is 21.5. The number of benzene rings is 2. The Morgan fingerprint density at radius 3 is 2.21 bits per heavy atom. The number of aromatic nitrogens is 1. The van der Waals surface area contributed by atoms with Crippen LogP contribution < -0.4 is 19.7 Å². The average molecular weight is 524 g/mol. The number of hydrogen-bond donors (Lipinski definition) is 2. The number of carbonyl (C=O) groups is 2. The average Bonchev–Trinajstić information content (AvgIpc) is 2.84. The lowest BCUT2D eigenvalue weighted by Crippen LogP contribution is -2.32. The number of anilines is 2. The van der Waals surface area contributed by atoms with Gasteiger partial charge in [-0.25, -0.2) is 14.0 Å². The van der Waals surface area contributed by atoms with Crippen molar-refractivity contribution in [1.82, 2.24) is 4.98 Å². The van der Waals surface area contributed by atoms with Gasteiger partial charge in [-0.3, -0.25) is 5.32 Å². The monoisotopic (exact) mass is 523 g/mol. The number of nitrogens with zero attached hydrogens (tertiary/aromatic N) is 2. The van der Waals surface area contributed by atoms with Gasteiger partial charge in [0.15, 0.2) is 5.82 Å². The number of nitrogens with one attached hydrogen (secondary N) is 1. The fourth-order valence-electron chi connectivity index (χ4n) is 3.94. The number of ether oxygens (including phenoxy) is 3. The van der Waals surface area contributed by atoms with Crippen LogP contribution in [0.25, 0.3) is 0 Å². The molecule has 1 aromatic heterocycles. The number of carboxylic acids is 1. The van der Waals surface area contributed by atoms with E-state index in [1.807, 2.05) is 4.90 Å². The van der Waals surface area contributed by atoms with Gasteiger partial charge in [0.1, 0.15) is 34.2 Å². The highest BCUT2D eigenvalue weighted by atomic mass is 19.1. The zero-order chi connectivity index (χ0) is 27.3. The van der Waals surface area contributed by atoms with Gasteiger partial charge >= 0.3 is 12.1 Å². The Morgan fingerprint density at radius 2 is 1.61 bits per heavy atom. The molecule has 0 unspecified atom stereocenters. The number of rotatable bonds is 7. The molecule has 9 nitrogen and oxygen atoms in total. The lowest BCUT2D eigenvalue weighted by Gasteiger charge is -2.30. The quantitative estimate of drug-likeness (QED) is 0.346. The van der Waals surface area contributed by atoms with Crippen LogP contribution in [0.3, 0.4) is 0 Å². The van der Waals surface area contributed by atoms with E-state index in [1.165, 1.54) is 24.3 Å². The van der Waals surface area contributed by atoms with Gasteiger partial charge in [-0.15, -0.1) is 0 Å². The fourth-order valence-corrected chi connectivity index (χ4v) is 3.94. The van der Waals surface area contributed by atoms with E-state index in [0.717, 1.165) is 19.3 Å². The van der Waals surface area contributed by atoms with Gasteiger partial charge in [-0.05, 0) is 82.5 Å². The SMILES string of the molecule is CC(C)(C)OC(=O)Nc1nc(Oc2ccc(Oc3cccc(F)c3)cc2)c(C(=O)O)cc1N1CCCCC1. The van der Waals surface area contributed by atoms with Crippen molar-refractivity contribution >= 4 is 23.6 Å². The summed E-state index contributed by atoms with van der Waals surface area (Å²) in [6, 6.07) is 13.5. The summed E-state index contributed by atoms with van der Waals surface area (Å²) in [5, 5.41) is 12.6. The predicted octanol–water partition coefficient (Wildman–Crippen LogP) is 6.84. The fraction of sp³-hybridized carbons (Fsp3) is 0.321. The van der Waals surface area contributed by atoms with E-state index in [-0.39, 0.29) is 17.3 Å². The molecule has 0 spiro atoms. The Hall–Kier alpha value is -4.34. The highest BCUT2D eigenvalue weighted by Crippen LogP contribution is 2.35. The molecule has 38 heavy (non-hydrogen) atoms.